The maximum Gasteiger partial charge on any atom is 0.315 e. The van der Waals surface area contributed by atoms with E-state index in [0.717, 1.165) is 11.3 Å². The Kier molecular flexibility index (Phi) is 5.85. The van der Waals surface area contributed by atoms with Crippen molar-refractivity contribution in [2.75, 3.05) is 6.54 Å². The Labute approximate surface area is 133 Å². The fourth-order valence-corrected chi connectivity index (χ4v) is 1.96. The van der Waals surface area contributed by atoms with Gasteiger partial charge in [0.2, 0.25) is 0 Å². The number of rotatable bonds is 6. The summed E-state index contributed by atoms with van der Waals surface area (Å²) in [4.78, 5) is 27.6. The van der Waals surface area contributed by atoms with E-state index in [-0.39, 0.29) is 17.4 Å². The van der Waals surface area contributed by atoms with Crippen molar-refractivity contribution in [3.8, 4) is 0 Å². The highest BCUT2D eigenvalue weighted by molar-refractivity contribution is 5.73. The molecule has 1 heterocycles. The second kappa shape index (κ2) is 8.07. The largest absolute Gasteiger partial charge is 0.336 e. The van der Waals surface area contributed by atoms with Crippen LogP contribution in [-0.2, 0) is 19.5 Å². The van der Waals surface area contributed by atoms with Gasteiger partial charge in [0.05, 0.1) is 6.33 Å². The van der Waals surface area contributed by atoms with Gasteiger partial charge in [-0.15, -0.1) is 0 Å². The predicted molar refractivity (Wildman–Crippen MR) is 84.5 cm³/mol. The lowest BCUT2D eigenvalue weighted by Gasteiger charge is -2.09. The number of nitrogens with zero attached hydrogens (tertiary/aromatic N) is 2. The molecule has 0 atom stereocenters. The number of hydrogen-bond donors (Lipinski definition) is 2. The van der Waals surface area contributed by atoms with Crippen LogP contribution in [0.5, 0.6) is 0 Å². The molecular weight excluding hydrogens is 299 g/mol. The number of nitrogens with one attached hydrogen (secondary N) is 2. The molecule has 1 aromatic carbocycles. The summed E-state index contributed by atoms with van der Waals surface area (Å²) < 4.78 is 14.2. The van der Waals surface area contributed by atoms with Crippen molar-refractivity contribution < 1.29 is 9.18 Å². The van der Waals surface area contributed by atoms with Crippen LogP contribution in [0, 0.1) is 5.82 Å². The summed E-state index contributed by atoms with van der Waals surface area (Å²) >= 11 is 0. The molecule has 0 unspecified atom stereocenters. The van der Waals surface area contributed by atoms with Crippen molar-refractivity contribution in [2.24, 2.45) is 0 Å². The lowest BCUT2D eigenvalue weighted by atomic mass is 10.2. The van der Waals surface area contributed by atoms with Crippen molar-refractivity contribution in [1.29, 1.82) is 0 Å². The lowest BCUT2D eigenvalue weighted by Crippen LogP contribution is -2.38. The van der Waals surface area contributed by atoms with Crippen LogP contribution in [0.1, 0.15) is 18.2 Å². The number of aryl methyl sites for hydroxylation is 1. The third-order valence-corrected chi connectivity index (χ3v) is 3.30. The number of carbonyl (C=O) groups excluding carboxylic acids is 1. The van der Waals surface area contributed by atoms with E-state index >= 15 is 0 Å². The molecule has 0 radical (unpaired) electrons. The first-order valence-electron chi connectivity index (χ1n) is 7.40. The molecule has 0 saturated heterocycles. The Hall–Kier alpha value is -2.70. The van der Waals surface area contributed by atoms with Crippen molar-refractivity contribution >= 4 is 6.03 Å². The van der Waals surface area contributed by atoms with E-state index in [1.54, 1.807) is 12.1 Å². The van der Waals surface area contributed by atoms with Gasteiger partial charge in [0.15, 0.2) is 0 Å². The summed E-state index contributed by atoms with van der Waals surface area (Å²) in [6.45, 7) is 2.89. The zero-order chi connectivity index (χ0) is 16.7. The van der Waals surface area contributed by atoms with E-state index in [0.29, 0.717) is 26.1 Å². The molecule has 0 aliphatic rings. The summed E-state index contributed by atoms with van der Waals surface area (Å²) in [6, 6.07) is 7.05. The molecule has 2 N–H and O–H groups in total. The Balaban J connectivity index is 1.74. The molecule has 6 nitrogen and oxygen atoms in total. The summed E-state index contributed by atoms with van der Waals surface area (Å²) in [6.07, 6.45) is 2.19. The molecule has 0 spiro atoms. The maximum atomic E-state index is 12.8. The number of aromatic nitrogens is 2. The van der Waals surface area contributed by atoms with Gasteiger partial charge in [-0.1, -0.05) is 19.1 Å². The summed E-state index contributed by atoms with van der Waals surface area (Å²) in [5, 5.41) is 5.32. The fourth-order valence-electron chi connectivity index (χ4n) is 1.96. The number of halogens is 1. The summed E-state index contributed by atoms with van der Waals surface area (Å²) in [5.41, 5.74) is 1.42. The smallest absolute Gasteiger partial charge is 0.315 e. The predicted octanol–water partition coefficient (Wildman–Crippen LogP) is 1.44. The second-order valence-corrected chi connectivity index (χ2v) is 5.00. The molecule has 2 amide bonds. The molecule has 0 aliphatic heterocycles. The highest BCUT2D eigenvalue weighted by Gasteiger charge is 2.02. The van der Waals surface area contributed by atoms with E-state index in [1.807, 2.05) is 6.92 Å². The van der Waals surface area contributed by atoms with Gasteiger partial charge >= 0.3 is 6.03 Å². The van der Waals surface area contributed by atoms with Crippen molar-refractivity contribution in [2.45, 2.75) is 26.4 Å². The van der Waals surface area contributed by atoms with Crippen molar-refractivity contribution in [3.05, 3.63) is 64.1 Å². The number of urea groups is 1. The Bertz CT molecular complexity index is 713. The average Bonchev–Trinajstić information content (AvgIpc) is 2.55. The van der Waals surface area contributed by atoms with Gasteiger partial charge in [-0.3, -0.25) is 9.36 Å². The Morgan fingerprint density at radius 1 is 1.26 bits per heavy atom. The molecule has 23 heavy (non-hydrogen) atoms. The van der Waals surface area contributed by atoms with Crippen molar-refractivity contribution in [1.82, 2.24) is 20.2 Å². The van der Waals surface area contributed by atoms with Crippen LogP contribution in [0.25, 0.3) is 0 Å². The van der Waals surface area contributed by atoms with Gasteiger partial charge in [0.1, 0.15) is 5.82 Å². The zero-order valence-corrected chi connectivity index (χ0v) is 12.9. The van der Waals surface area contributed by atoms with Gasteiger partial charge in [-0.2, -0.15) is 0 Å². The number of carbonyl (C=O) groups is 1. The molecule has 2 rings (SSSR count). The van der Waals surface area contributed by atoms with Crippen LogP contribution in [0.2, 0.25) is 0 Å². The van der Waals surface area contributed by atoms with E-state index in [1.165, 1.54) is 29.1 Å². The van der Waals surface area contributed by atoms with E-state index in [9.17, 15) is 14.0 Å². The first kappa shape index (κ1) is 16.7. The fraction of sp³-hybridized carbons (Fsp3) is 0.312. The zero-order valence-electron chi connectivity index (χ0n) is 12.9. The molecule has 7 heteroatoms. The van der Waals surface area contributed by atoms with Gasteiger partial charge in [0, 0.05) is 31.4 Å². The molecule has 1 aromatic heterocycles. The number of hydrogen-bond acceptors (Lipinski definition) is 3. The monoisotopic (exact) mass is 318 g/mol. The van der Waals surface area contributed by atoms with Crippen LogP contribution in [0.3, 0.4) is 0 Å². The number of amides is 2. The molecule has 0 fully saturated rings. The Morgan fingerprint density at radius 2 is 2.00 bits per heavy atom. The Morgan fingerprint density at radius 3 is 2.65 bits per heavy atom. The minimum absolute atomic E-state index is 0.134. The van der Waals surface area contributed by atoms with E-state index in [2.05, 4.69) is 15.6 Å². The summed E-state index contributed by atoms with van der Waals surface area (Å²) in [7, 11) is 0. The quantitative estimate of drug-likeness (QED) is 0.846. The van der Waals surface area contributed by atoms with Crippen molar-refractivity contribution in [3.63, 3.8) is 0 Å². The third kappa shape index (κ3) is 5.21. The average molecular weight is 318 g/mol. The standard InChI is InChI=1S/C16H19FN4O2/c1-2-14-9-15(22)21(11-20-14)8-7-18-16(23)19-10-12-3-5-13(17)6-4-12/h3-6,9,11H,2,7-8,10H2,1H3,(H2,18,19,23). The lowest BCUT2D eigenvalue weighted by molar-refractivity contribution is 0.240. The highest BCUT2D eigenvalue weighted by atomic mass is 19.1. The molecule has 0 aliphatic carbocycles. The van der Waals surface area contributed by atoms with Crippen LogP contribution >= 0.6 is 0 Å². The van der Waals surface area contributed by atoms with E-state index < -0.39 is 0 Å². The molecule has 0 saturated carbocycles. The molecular formula is C16H19FN4O2. The van der Waals surface area contributed by atoms with Crippen LogP contribution in [-0.4, -0.2) is 22.1 Å². The van der Waals surface area contributed by atoms with E-state index in [4.69, 9.17) is 0 Å². The van der Waals surface area contributed by atoms with Gasteiger partial charge in [-0.05, 0) is 24.1 Å². The van der Waals surface area contributed by atoms with Crippen LogP contribution in [0.15, 0.2) is 41.5 Å². The van der Waals surface area contributed by atoms with Crippen LogP contribution < -0.4 is 16.2 Å². The summed E-state index contributed by atoms with van der Waals surface area (Å²) in [5.74, 6) is -0.314. The highest BCUT2D eigenvalue weighted by Crippen LogP contribution is 2.01. The second-order valence-electron chi connectivity index (χ2n) is 5.00. The molecule has 0 bridgehead atoms. The molecule has 122 valence electrons. The van der Waals surface area contributed by atoms with Gasteiger partial charge < -0.3 is 10.6 Å². The minimum atomic E-state index is -0.347. The minimum Gasteiger partial charge on any atom is -0.336 e. The first-order valence-corrected chi connectivity index (χ1v) is 7.40. The molecule has 2 aromatic rings. The topological polar surface area (TPSA) is 76.0 Å². The van der Waals surface area contributed by atoms with Gasteiger partial charge in [-0.25, -0.2) is 14.2 Å². The maximum absolute atomic E-state index is 12.8. The van der Waals surface area contributed by atoms with Gasteiger partial charge in [0.25, 0.3) is 5.56 Å². The van der Waals surface area contributed by atoms with Crippen LogP contribution in [0.4, 0.5) is 9.18 Å². The first-order chi connectivity index (χ1) is 11.1. The SMILES string of the molecule is CCc1cc(=O)n(CCNC(=O)NCc2ccc(F)cc2)cn1. The number of benzene rings is 1. The normalized spacial score (nSPS) is 10.3. The third-order valence-electron chi connectivity index (χ3n) is 3.30.